The fourth-order valence-corrected chi connectivity index (χ4v) is 6.53. The predicted octanol–water partition coefficient (Wildman–Crippen LogP) is 4.42. The maximum Gasteiger partial charge on any atom is 0.257 e. The van der Waals surface area contributed by atoms with Crippen molar-refractivity contribution >= 4 is 35.2 Å². The third kappa shape index (κ3) is 4.90. The zero-order valence-corrected chi connectivity index (χ0v) is 21.1. The molecule has 2 heterocycles. The molecule has 0 radical (unpaired) electrons. The highest BCUT2D eigenvalue weighted by molar-refractivity contribution is 8.00. The number of fused-ring (bicyclic) bond motifs is 1. The Kier molecular flexibility index (Phi) is 7.38. The lowest BCUT2D eigenvalue weighted by molar-refractivity contribution is -0.139. The van der Waals surface area contributed by atoms with Crippen LogP contribution in [0.3, 0.4) is 0 Å². The van der Waals surface area contributed by atoms with Crippen LogP contribution in [-0.2, 0) is 27.2 Å². The van der Waals surface area contributed by atoms with Crippen LogP contribution < -0.4 is 4.90 Å². The molecular weight excluding hydrogens is 472 g/mol. The van der Waals surface area contributed by atoms with E-state index in [1.54, 1.807) is 29.2 Å². The van der Waals surface area contributed by atoms with Crippen LogP contribution in [0, 0.1) is 11.3 Å². The van der Waals surface area contributed by atoms with Gasteiger partial charge in [0.1, 0.15) is 17.1 Å². The number of aryl methyl sites for hydroxylation is 2. The predicted molar refractivity (Wildman–Crippen MR) is 137 cm³/mol. The smallest absolute Gasteiger partial charge is 0.257 e. The van der Waals surface area contributed by atoms with Gasteiger partial charge in [-0.3, -0.25) is 14.4 Å². The summed E-state index contributed by atoms with van der Waals surface area (Å²) in [5, 5.41) is 10.3. The number of amides is 3. The Morgan fingerprint density at radius 2 is 1.83 bits per heavy atom. The van der Waals surface area contributed by atoms with Crippen molar-refractivity contribution in [3.63, 3.8) is 0 Å². The third-order valence-electron chi connectivity index (χ3n) is 7.45. The first kappa shape index (κ1) is 24.5. The SMILES string of the molecule is N#Cc1cc2c(nc1SCC(=O)N(C1CCCCC1)C1CC(=O)N(c3ccccc3)C1=O)CCCC2. The van der Waals surface area contributed by atoms with Gasteiger partial charge < -0.3 is 4.90 Å². The summed E-state index contributed by atoms with van der Waals surface area (Å²) in [6.45, 7) is 0. The van der Waals surface area contributed by atoms with Crippen LogP contribution >= 0.6 is 11.8 Å². The number of hydrogen-bond donors (Lipinski definition) is 0. The summed E-state index contributed by atoms with van der Waals surface area (Å²) < 4.78 is 0. The molecule has 0 N–H and O–H groups in total. The Balaban J connectivity index is 1.38. The van der Waals surface area contributed by atoms with Crippen molar-refractivity contribution in [3.05, 3.63) is 53.2 Å². The number of nitrogens with zero attached hydrogens (tertiary/aromatic N) is 4. The number of pyridine rings is 1. The van der Waals surface area contributed by atoms with E-state index >= 15 is 0 Å². The molecule has 2 aromatic rings. The van der Waals surface area contributed by atoms with E-state index < -0.39 is 6.04 Å². The Morgan fingerprint density at radius 3 is 2.58 bits per heavy atom. The summed E-state index contributed by atoms with van der Waals surface area (Å²) >= 11 is 1.27. The molecule has 186 valence electrons. The minimum atomic E-state index is -0.791. The van der Waals surface area contributed by atoms with Crippen LogP contribution in [0.5, 0.6) is 0 Å². The zero-order chi connectivity index (χ0) is 25.1. The van der Waals surface area contributed by atoms with Gasteiger partial charge in [0.05, 0.1) is 23.4 Å². The third-order valence-corrected chi connectivity index (χ3v) is 8.42. The van der Waals surface area contributed by atoms with Gasteiger partial charge in [0.2, 0.25) is 11.8 Å². The number of aromatic nitrogens is 1. The Hall–Kier alpha value is -3.18. The molecule has 0 spiro atoms. The number of benzene rings is 1. The van der Waals surface area contributed by atoms with Gasteiger partial charge in [-0.25, -0.2) is 9.88 Å². The molecule has 2 fully saturated rings. The van der Waals surface area contributed by atoms with E-state index in [0.717, 1.165) is 69.0 Å². The number of hydrogen-bond acceptors (Lipinski definition) is 6. The number of thioether (sulfide) groups is 1. The van der Waals surface area contributed by atoms with Crippen molar-refractivity contribution < 1.29 is 14.4 Å². The van der Waals surface area contributed by atoms with E-state index in [-0.39, 0.29) is 35.9 Å². The lowest BCUT2D eigenvalue weighted by Gasteiger charge is -2.37. The summed E-state index contributed by atoms with van der Waals surface area (Å²) in [6.07, 6.45) is 8.81. The topological polar surface area (TPSA) is 94.4 Å². The van der Waals surface area contributed by atoms with E-state index in [9.17, 15) is 19.6 Å². The molecule has 0 bridgehead atoms. The number of rotatable bonds is 6. The van der Waals surface area contributed by atoms with E-state index in [4.69, 9.17) is 4.98 Å². The van der Waals surface area contributed by atoms with Gasteiger partial charge in [-0.2, -0.15) is 5.26 Å². The van der Waals surface area contributed by atoms with Crippen molar-refractivity contribution in [2.75, 3.05) is 10.7 Å². The minimum Gasteiger partial charge on any atom is -0.326 e. The quantitative estimate of drug-likeness (QED) is 0.429. The van der Waals surface area contributed by atoms with Gasteiger partial charge >= 0.3 is 0 Å². The van der Waals surface area contributed by atoms with Crippen LogP contribution in [0.25, 0.3) is 0 Å². The summed E-state index contributed by atoms with van der Waals surface area (Å²) in [4.78, 5) is 47.8. The molecule has 8 heteroatoms. The molecule has 2 aliphatic carbocycles. The van der Waals surface area contributed by atoms with Gasteiger partial charge in [0.15, 0.2) is 0 Å². The highest BCUT2D eigenvalue weighted by Gasteiger charge is 2.46. The summed E-state index contributed by atoms with van der Waals surface area (Å²) in [5.41, 5.74) is 3.19. The molecule has 1 saturated heterocycles. The number of carbonyl (C=O) groups is 3. The molecule has 3 aliphatic rings. The molecule has 3 amide bonds. The maximum atomic E-state index is 13.7. The van der Waals surface area contributed by atoms with Crippen molar-refractivity contribution in [1.29, 1.82) is 5.26 Å². The molecule has 1 saturated carbocycles. The first-order valence-electron chi connectivity index (χ1n) is 12.9. The van der Waals surface area contributed by atoms with Crippen LogP contribution in [0.15, 0.2) is 41.4 Å². The van der Waals surface area contributed by atoms with Crippen molar-refractivity contribution in [1.82, 2.24) is 9.88 Å². The monoisotopic (exact) mass is 502 g/mol. The number of nitriles is 1. The zero-order valence-electron chi connectivity index (χ0n) is 20.3. The number of para-hydroxylation sites is 1. The van der Waals surface area contributed by atoms with Crippen LogP contribution in [0.1, 0.15) is 68.2 Å². The van der Waals surface area contributed by atoms with Gasteiger partial charge in [0, 0.05) is 11.7 Å². The average Bonchev–Trinajstić information content (AvgIpc) is 3.21. The van der Waals surface area contributed by atoms with Crippen LogP contribution in [-0.4, -0.2) is 45.4 Å². The van der Waals surface area contributed by atoms with Crippen molar-refractivity contribution in [3.8, 4) is 6.07 Å². The van der Waals surface area contributed by atoms with Crippen molar-refractivity contribution in [2.45, 2.75) is 81.3 Å². The number of anilines is 1. The fraction of sp³-hybridized carbons (Fsp3) is 0.464. The van der Waals surface area contributed by atoms with Gasteiger partial charge in [-0.05, 0) is 62.3 Å². The normalized spacial score (nSPS) is 20.2. The Morgan fingerprint density at radius 1 is 1.08 bits per heavy atom. The molecule has 1 aromatic carbocycles. The molecular formula is C28H30N4O3S. The molecule has 5 rings (SSSR count). The first-order valence-corrected chi connectivity index (χ1v) is 13.8. The molecule has 1 atom stereocenters. The average molecular weight is 503 g/mol. The largest absolute Gasteiger partial charge is 0.326 e. The Bertz CT molecular complexity index is 1200. The highest BCUT2D eigenvalue weighted by Crippen LogP contribution is 2.33. The van der Waals surface area contributed by atoms with E-state index in [1.807, 2.05) is 12.1 Å². The van der Waals surface area contributed by atoms with E-state index in [0.29, 0.717) is 16.3 Å². The van der Waals surface area contributed by atoms with Crippen LogP contribution in [0.2, 0.25) is 0 Å². The molecule has 7 nitrogen and oxygen atoms in total. The van der Waals surface area contributed by atoms with E-state index in [2.05, 4.69) is 6.07 Å². The van der Waals surface area contributed by atoms with Gasteiger partial charge in [-0.15, -0.1) is 0 Å². The maximum absolute atomic E-state index is 13.7. The second-order valence-corrected chi connectivity index (χ2v) is 10.7. The standard InChI is InChI=1S/C28H30N4O3S/c29-17-20-15-19-9-7-8-14-23(19)30-27(20)36-18-26(34)31(21-10-3-1-4-11-21)24-16-25(33)32(28(24)35)22-12-5-2-6-13-22/h2,5-6,12-13,15,21,24H,1,3-4,7-11,14,16,18H2. The minimum absolute atomic E-state index is 0.00117. The summed E-state index contributed by atoms with van der Waals surface area (Å²) in [7, 11) is 0. The van der Waals surface area contributed by atoms with Gasteiger partial charge in [-0.1, -0.05) is 49.2 Å². The van der Waals surface area contributed by atoms with Crippen LogP contribution in [0.4, 0.5) is 5.69 Å². The highest BCUT2D eigenvalue weighted by atomic mass is 32.2. The molecule has 1 aromatic heterocycles. The van der Waals surface area contributed by atoms with E-state index in [1.165, 1.54) is 16.7 Å². The first-order chi connectivity index (χ1) is 17.6. The fourth-order valence-electron chi connectivity index (χ4n) is 5.68. The lowest BCUT2D eigenvalue weighted by Crippen LogP contribution is -2.52. The summed E-state index contributed by atoms with van der Waals surface area (Å²) in [5.74, 6) is -0.697. The van der Waals surface area contributed by atoms with Crippen molar-refractivity contribution in [2.24, 2.45) is 0 Å². The second kappa shape index (κ2) is 10.8. The summed E-state index contributed by atoms with van der Waals surface area (Å²) in [6, 6.07) is 12.2. The molecule has 36 heavy (non-hydrogen) atoms. The number of imide groups is 1. The lowest BCUT2D eigenvalue weighted by atomic mass is 9.92. The molecule has 1 aliphatic heterocycles. The number of carbonyl (C=O) groups excluding carboxylic acids is 3. The second-order valence-electron chi connectivity index (χ2n) is 9.77. The molecule has 1 unspecified atom stereocenters. The van der Waals surface area contributed by atoms with Gasteiger partial charge in [0.25, 0.3) is 5.91 Å². The Labute approximate surface area is 215 Å².